The molecule has 0 heterocycles. The minimum atomic E-state index is -0.388. The summed E-state index contributed by atoms with van der Waals surface area (Å²) in [6.07, 6.45) is 4.27. The Balaban J connectivity index is 2.02. The van der Waals surface area contributed by atoms with Crippen molar-refractivity contribution in [3.05, 3.63) is 33.9 Å². The molecule has 18 heavy (non-hydrogen) atoms. The Bertz CT molecular complexity index is 454. The van der Waals surface area contributed by atoms with Crippen LogP contribution in [0, 0.1) is 17.0 Å². The van der Waals surface area contributed by atoms with Crippen LogP contribution < -0.4 is 10.5 Å². The highest BCUT2D eigenvalue weighted by Gasteiger charge is 2.30. The average molecular weight is 250 g/mol. The lowest BCUT2D eigenvalue weighted by molar-refractivity contribution is -0.385. The van der Waals surface area contributed by atoms with Crippen molar-refractivity contribution in [2.24, 2.45) is 5.73 Å². The topological polar surface area (TPSA) is 78.4 Å². The van der Waals surface area contributed by atoms with Gasteiger partial charge in [0.1, 0.15) is 12.4 Å². The van der Waals surface area contributed by atoms with E-state index in [2.05, 4.69) is 0 Å². The standard InChI is InChI=1S/C13H18N2O3/c1-10-8-11(4-5-12(10)15(16)17)18-9-13(14)6-2-3-7-13/h4-5,8H,2-3,6-7,9,14H2,1H3. The summed E-state index contributed by atoms with van der Waals surface area (Å²) in [6.45, 7) is 2.18. The molecule has 0 amide bonds. The Morgan fingerprint density at radius 2 is 2.11 bits per heavy atom. The highest BCUT2D eigenvalue weighted by molar-refractivity contribution is 5.44. The number of nitrogens with two attached hydrogens (primary N) is 1. The van der Waals surface area contributed by atoms with Gasteiger partial charge in [0.25, 0.3) is 5.69 Å². The van der Waals surface area contributed by atoms with E-state index in [-0.39, 0.29) is 16.1 Å². The maximum Gasteiger partial charge on any atom is 0.272 e. The van der Waals surface area contributed by atoms with Gasteiger partial charge in [-0.1, -0.05) is 12.8 Å². The third-order valence-corrected chi connectivity index (χ3v) is 3.49. The van der Waals surface area contributed by atoms with Gasteiger partial charge in [-0.05, 0) is 31.9 Å². The fourth-order valence-corrected chi connectivity index (χ4v) is 2.37. The average Bonchev–Trinajstić information content (AvgIpc) is 2.74. The predicted octanol–water partition coefficient (Wildman–Crippen LogP) is 2.55. The first-order valence-electron chi connectivity index (χ1n) is 6.17. The SMILES string of the molecule is Cc1cc(OCC2(N)CCCC2)ccc1[N+](=O)[O-]. The third-order valence-electron chi connectivity index (χ3n) is 3.49. The summed E-state index contributed by atoms with van der Waals surface area (Å²) in [6, 6.07) is 4.79. The third kappa shape index (κ3) is 2.79. The monoisotopic (exact) mass is 250 g/mol. The van der Waals surface area contributed by atoms with E-state index in [0.717, 1.165) is 25.7 Å². The van der Waals surface area contributed by atoms with E-state index >= 15 is 0 Å². The van der Waals surface area contributed by atoms with Gasteiger partial charge in [0, 0.05) is 11.6 Å². The lowest BCUT2D eigenvalue weighted by Gasteiger charge is -2.23. The normalized spacial score (nSPS) is 17.7. The second-order valence-corrected chi connectivity index (χ2v) is 5.06. The summed E-state index contributed by atoms with van der Waals surface area (Å²) >= 11 is 0. The van der Waals surface area contributed by atoms with Crippen molar-refractivity contribution < 1.29 is 9.66 Å². The molecular formula is C13H18N2O3. The lowest BCUT2D eigenvalue weighted by atomic mass is 10.0. The second-order valence-electron chi connectivity index (χ2n) is 5.06. The van der Waals surface area contributed by atoms with Gasteiger partial charge in [-0.15, -0.1) is 0 Å². The molecule has 0 bridgehead atoms. The first-order valence-corrected chi connectivity index (χ1v) is 6.17. The van der Waals surface area contributed by atoms with Crippen molar-refractivity contribution in [1.29, 1.82) is 0 Å². The summed E-state index contributed by atoms with van der Waals surface area (Å²) in [5.41, 5.74) is 6.69. The van der Waals surface area contributed by atoms with Crippen LogP contribution in [0.15, 0.2) is 18.2 Å². The molecule has 2 rings (SSSR count). The van der Waals surface area contributed by atoms with Crippen molar-refractivity contribution in [2.45, 2.75) is 38.1 Å². The van der Waals surface area contributed by atoms with E-state index in [0.29, 0.717) is 17.9 Å². The molecule has 0 unspecified atom stereocenters. The van der Waals surface area contributed by atoms with Crippen LogP contribution >= 0.6 is 0 Å². The van der Waals surface area contributed by atoms with Crippen LogP contribution in [-0.4, -0.2) is 17.1 Å². The Morgan fingerprint density at radius 1 is 1.44 bits per heavy atom. The molecule has 0 atom stereocenters. The van der Waals surface area contributed by atoms with Gasteiger partial charge in [0.05, 0.1) is 10.5 Å². The zero-order valence-corrected chi connectivity index (χ0v) is 10.5. The number of nitro groups is 1. The lowest BCUT2D eigenvalue weighted by Crippen LogP contribution is -2.42. The first-order chi connectivity index (χ1) is 8.50. The molecule has 1 aromatic carbocycles. The van der Waals surface area contributed by atoms with Crippen molar-refractivity contribution in [1.82, 2.24) is 0 Å². The number of hydrogen-bond donors (Lipinski definition) is 1. The Kier molecular flexibility index (Phi) is 3.52. The van der Waals surface area contributed by atoms with Gasteiger partial charge >= 0.3 is 0 Å². The van der Waals surface area contributed by atoms with E-state index in [1.165, 1.54) is 6.07 Å². The number of nitro benzene ring substituents is 1. The van der Waals surface area contributed by atoms with E-state index in [1.54, 1.807) is 19.1 Å². The highest BCUT2D eigenvalue weighted by Crippen LogP contribution is 2.29. The van der Waals surface area contributed by atoms with Crippen LogP contribution in [0.1, 0.15) is 31.2 Å². The summed E-state index contributed by atoms with van der Waals surface area (Å²) in [7, 11) is 0. The number of nitrogens with zero attached hydrogens (tertiary/aromatic N) is 1. The van der Waals surface area contributed by atoms with E-state index in [9.17, 15) is 10.1 Å². The van der Waals surface area contributed by atoms with E-state index < -0.39 is 0 Å². The summed E-state index contributed by atoms with van der Waals surface area (Å²) < 4.78 is 5.66. The molecule has 5 heteroatoms. The number of hydrogen-bond acceptors (Lipinski definition) is 4. The molecule has 0 radical (unpaired) electrons. The fourth-order valence-electron chi connectivity index (χ4n) is 2.37. The highest BCUT2D eigenvalue weighted by atomic mass is 16.6. The minimum Gasteiger partial charge on any atom is -0.492 e. The number of ether oxygens (including phenoxy) is 1. The van der Waals surface area contributed by atoms with Crippen LogP contribution in [0.5, 0.6) is 5.75 Å². The number of rotatable bonds is 4. The molecule has 0 saturated heterocycles. The number of aryl methyl sites for hydroxylation is 1. The van der Waals surface area contributed by atoms with Gasteiger partial charge in [-0.25, -0.2) is 0 Å². The zero-order valence-electron chi connectivity index (χ0n) is 10.5. The molecule has 1 aromatic rings. The molecular weight excluding hydrogens is 232 g/mol. The van der Waals surface area contributed by atoms with Gasteiger partial charge in [0.2, 0.25) is 0 Å². The predicted molar refractivity (Wildman–Crippen MR) is 68.7 cm³/mol. The fraction of sp³-hybridized carbons (Fsp3) is 0.538. The van der Waals surface area contributed by atoms with Crippen molar-refractivity contribution in [3.63, 3.8) is 0 Å². The zero-order chi connectivity index (χ0) is 13.2. The van der Waals surface area contributed by atoms with Crippen LogP contribution in [0.3, 0.4) is 0 Å². The Morgan fingerprint density at radius 3 is 2.67 bits per heavy atom. The first kappa shape index (κ1) is 12.8. The summed E-state index contributed by atoms with van der Waals surface area (Å²) in [5.74, 6) is 0.648. The molecule has 0 spiro atoms. The van der Waals surface area contributed by atoms with Gasteiger partial charge < -0.3 is 10.5 Å². The molecule has 1 aliphatic carbocycles. The molecule has 1 aliphatic rings. The molecule has 98 valence electrons. The maximum absolute atomic E-state index is 10.7. The molecule has 0 aliphatic heterocycles. The molecule has 0 aromatic heterocycles. The van der Waals surface area contributed by atoms with Gasteiger partial charge in [-0.2, -0.15) is 0 Å². The smallest absolute Gasteiger partial charge is 0.272 e. The molecule has 1 fully saturated rings. The Labute approximate surface area is 106 Å². The van der Waals surface area contributed by atoms with Crippen LogP contribution in [0.25, 0.3) is 0 Å². The van der Waals surface area contributed by atoms with Crippen LogP contribution in [-0.2, 0) is 0 Å². The maximum atomic E-state index is 10.7. The quantitative estimate of drug-likeness (QED) is 0.658. The van der Waals surface area contributed by atoms with Crippen molar-refractivity contribution >= 4 is 5.69 Å². The molecule has 5 nitrogen and oxygen atoms in total. The van der Waals surface area contributed by atoms with Crippen molar-refractivity contribution in [3.8, 4) is 5.75 Å². The van der Waals surface area contributed by atoms with E-state index in [1.807, 2.05) is 0 Å². The van der Waals surface area contributed by atoms with Gasteiger partial charge in [-0.3, -0.25) is 10.1 Å². The molecule has 2 N–H and O–H groups in total. The summed E-state index contributed by atoms with van der Waals surface area (Å²) in [4.78, 5) is 10.3. The molecule has 1 saturated carbocycles. The van der Waals surface area contributed by atoms with Gasteiger partial charge in [0.15, 0.2) is 0 Å². The van der Waals surface area contributed by atoms with Crippen LogP contribution in [0.4, 0.5) is 5.69 Å². The van der Waals surface area contributed by atoms with Crippen LogP contribution in [0.2, 0.25) is 0 Å². The second kappa shape index (κ2) is 4.94. The number of benzene rings is 1. The largest absolute Gasteiger partial charge is 0.492 e. The summed E-state index contributed by atoms with van der Waals surface area (Å²) in [5, 5.41) is 10.7. The van der Waals surface area contributed by atoms with Crippen molar-refractivity contribution in [2.75, 3.05) is 6.61 Å². The minimum absolute atomic E-state index is 0.116. The Hall–Kier alpha value is -1.62. The van der Waals surface area contributed by atoms with E-state index in [4.69, 9.17) is 10.5 Å².